The Bertz CT molecular complexity index is 4070. The summed E-state index contributed by atoms with van der Waals surface area (Å²) >= 11 is 0. The zero-order valence-electron chi connectivity index (χ0n) is 31.6. The molecule has 5 aromatic heterocycles. The van der Waals surface area contributed by atoms with Crippen molar-refractivity contribution in [3.8, 4) is 22.9 Å². The molecular weight excluding hydrogens is 719 g/mol. The summed E-state index contributed by atoms with van der Waals surface area (Å²) in [5, 5.41) is 13.2. The molecule has 0 fully saturated rings. The van der Waals surface area contributed by atoms with Gasteiger partial charge in [0.15, 0.2) is 0 Å². The summed E-state index contributed by atoms with van der Waals surface area (Å²) in [7, 11) is 0. The van der Waals surface area contributed by atoms with Crippen LogP contribution in [0.5, 0.6) is 0 Å². The van der Waals surface area contributed by atoms with E-state index in [4.69, 9.17) is 9.97 Å². The summed E-state index contributed by atoms with van der Waals surface area (Å²) in [5.74, 6) is 0.652. The lowest BCUT2D eigenvalue weighted by Gasteiger charge is -2.13. The molecule has 14 rings (SSSR count). The van der Waals surface area contributed by atoms with Gasteiger partial charge in [-0.15, -0.1) is 0 Å². The van der Waals surface area contributed by atoms with E-state index < -0.39 is 0 Å². The smallest absolute Gasteiger partial charge is 0.235 e. The van der Waals surface area contributed by atoms with Gasteiger partial charge in [-0.3, -0.25) is 4.57 Å². The molecule has 272 valence electrons. The maximum absolute atomic E-state index is 5.64. The van der Waals surface area contributed by atoms with Gasteiger partial charge in [0.05, 0.1) is 49.8 Å². The molecule has 5 heterocycles. The molecule has 5 heteroatoms. The Morgan fingerprint density at radius 3 is 1.76 bits per heavy atom. The second kappa shape index (κ2) is 11.3. The van der Waals surface area contributed by atoms with Crippen molar-refractivity contribution >= 4 is 103 Å². The first-order valence-corrected chi connectivity index (χ1v) is 20.2. The van der Waals surface area contributed by atoms with E-state index >= 15 is 0 Å². The first-order chi connectivity index (χ1) is 29.3. The van der Waals surface area contributed by atoms with E-state index in [1.54, 1.807) is 0 Å². The predicted octanol–water partition coefficient (Wildman–Crippen LogP) is 13.8. The normalized spacial score (nSPS) is 12.4. The van der Waals surface area contributed by atoms with Crippen LogP contribution in [0.15, 0.2) is 188 Å². The van der Waals surface area contributed by atoms with Crippen LogP contribution in [0.3, 0.4) is 0 Å². The van der Waals surface area contributed by atoms with Crippen LogP contribution < -0.4 is 0 Å². The number of fused-ring (bicyclic) bond motifs is 15. The molecule has 14 aromatic rings. The molecule has 0 unspecified atom stereocenters. The molecule has 0 spiro atoms. The van der Waals surface area contributed by atoms with Crippen molar-refractivity contribution in [2.45, 2.75) is 0 Å². The highest BCUT2D eigenvalue weighted by Crippen LogP contribution is 2.47. The highest BCUT2D eigenvalue weighted by molar-refractivity contribution is 6.36. The van der Waals surface area contributed by atoms with Crippen LogP contribution >= 0.6 is 0 Å². The Balaban J connectivity index is 1.14. The Morgan fingerprint density at radius 2 is 0.949 bits per heavy atom. The van der Waals surface area contributed by atoms with Gasteiger partial charge in [-0.25, -0.2) is 9.97 Å². The van der Waals surface area contributed by atoms with Crippen LogP contribution in [0.25, 0.3) is 126 Å². The Morgan fingerprint density at radius 1 is 0.339 bits per heavy atom. The van der Waals surface area contributed by atoms with Gasteiger partial charge in [-0.1, -0.05) is 127 Å². The molecule has 5 nitrogen and oxygen atoms in total. The Hall–Kier alpha value is -8.02. The maximum Gasteiger partial charge on any atom is 0.235 e. The first-order valence-electron chi connectivity index (χ1n) is 20.2. The third kappa shape index (κ3) is 4.08. The molecular formula is C54H31N5. The van der Waals surface area contributed by atoms with E-state index in [2.05, 4.69) is 202 Å². The van der Waals surface area contributed by atoms with Gasteiger partial charge in [0.2, 0.25) is 5.95 Å². The second-order valence-corrected chi connectivity index (χ2v) is 15.8. The number of rotatable bonds is 3. The largest absolute Gasteiger partial charge is 0.309 e. The number of aromatic nitrogens is 5. The zero-order valence-corrected chi connectivity index (χ0v) is 31.6. The number of hydrogen-bond acceptors (Lipinski definition) is 2. The van der Waals surface area contributed by atoms with Crippen LogP contribution in [0, 0.1) is 0 Å². The van der Waals surface area contributed by atoms with Crippen molar-refractivity contribution in [1.82, 2.24) is 23.5 Å². The minimum absolute atomic E-state index is 0.652. The van der Waals surface area contributed by atoms with Gasteiger partial charge in [0, 0.05) is 59.7 Å². The molecule has 0 amide bonds. The van der Waals surface area contributed by atoms with Crippen molar-refractivity contribution in [2.75, 3.05) is 0 Å². The Kier molecular flexibility index (Phi) is 5.96. The lowest BCUT2D eigenvalue weighted by molar-refractivity contribution is 1.01. The number of hydrogen-bond donors (Lipinski definition) is 0. The highest BCUT2D eigenvalue weighted by atomic mass is 15.2. The van der Waals surface area contributed by atoms with Crippen LogP contribution in [0.4, 0.5) is 0 Å². The summed E-state index contributed by atoms with van der Waals surface area (Å²) < 4.78 is 7.17. The quantitative estimate of drug-likeness (QED) is 0.180. The minimum Gasteiger partial charge on any atom is -0.309 e. The molecule has 0 N–H and O–H groups in total. The van der Waals surface area contributed by atoms with Crippen molar-refractivity contribution < 1.29 is 0 Å². The summed E-state index contributed by atoms with van der Waals surface area (Å²) in [4.78, 5) is 11.1. The summed E-state index contributed by atoms with van der Waals surface area (Å²) in [6.07, 6.45) is 0. The average molecular weight is 750 g/mol. The van der Waals surface area contributed by atoms with E-state index in [0.29, 0.717) is 5.95 Å². The highest BCUT2D eigenvalue weighted by Gasteiger charge is 2.26. The third-order valence-corrected chi connectivity index (χ3v) is 12.7. The predicted molar refractivity (Wildman–Crippen MR) is 246 cm³/mol. The van der Waals surface area contributed by atoms with Gasteiger partial charge in [-0.05, 0) is 71.4 Å². The third-order valence-electron chi connectivity index (χ3n) is 12.7. The lowest BCUT2D eigenvalue weighted by Crippen LogP contribution is -2.03. The first kappa shape index (κ1) is 31.1. The van der Waals surface area contributed by atoms with Gasteiger partial charge < -0.3 is 8.97 Å². The molecule has 0 aliphatic rings. The fourth-order valence-electron chi connectivity index (χ4n) is 10.3. The van der Waals surface area contributed by atoms with Crippen molar-refractivity contribution in [3.63, 3.8) is 0 Å². The standard InChI is InChI=1S/C54H31N5/c1-2-16-35(17-3-1)57-44-23-11-7-18-36(44)38-27-26-34(30-47(38)57)52-39-20-6-10-22-43(39)55-54(56-52)59-48-29-33-15-5-4-14-32(33)28-42(48)50-49(59)31-41-37-19-8-12-24-45(37)58-46-25-13-9-21-40(46)51(50)53(41)58/h1-31H. The maximum atomic E-state index is 5.64. The summed E-state index contributed by atoms with van der Waals surface area (Å²) in [6.45, 7) is 0. The Labute approximate surface area is 336 Å². The molecule has 0 bridgehead atoms. The zero-order chi connectivity index (χ0) is 38.3. The van der Waals surface area contributed by atoms with Crippen LogP contribution in [-0.4, -0.2) is 23.5 Å². The SMILES string of the molecule is c1ccc(-n2c3ccccc3c3ccc(-c4nc(-n5c6cc7ccccc7cc6c6c7c8ccccc8n8c9ccccc9c(cc65)c78)nc5ccccc45)cc32)cc1. The fraction of sp³-hybridized carbons (Fsp3) is 0. The van der Waals surface area contributed by atoms with Crippen molar-refractivity contribution in [3.05, 3.63) is 188 Å². The minimum atomic E-state index is 0.652. The van der Waals surface area contributed by atoms with Crippen molar-refractivity contribution in [1.29, 1.82) is 0 Å². The monoisotopic (exact) mass is 749 g/mol. The van der Waals surface area contributed by atoms with E-state index in [9.17, 15) is 0 Å². The number of para-hydroxylation sites is 5. The molecule has 0 radical (unpaired) electrons. The van der Waals surface area contributed by atoms with Crippen LogP contribution in [-0.2, 0) is 0 Å². The van der Waals surface area contributed by atoms with E-state index in [1.165, 1.54) is 75.9 Å². The van der Waals surface area contributed by atoms with Crippen LogP contribution in [0.2, 0.25) is 0 Å². The topological polar surface area (TPSA) is 40.0 Å². The van der Waals surface area contributed by atoms with Crippen LogP contribution in [0.1, 0.15) is 0 Å². The average Bonchev–Trinajstić information content (AvgIpc) is 4.01. The molecule has 0 saturated heterocycles. The molecule has 0 aliphatic heterocycles. The summed E-state index contributed by atoms with van der Waals surface area (Å²) in [5.41, 5.74) is 12.2. The van der Waals surface area contributed by atoms with Gasteiger partial charge >= 0.3 is 0 Å². The van der Waals surface area contributed by atoms with E-state index in [1.807, 2.05) is 0 Å². The second-order valence-electron chi connectivity index (χ2n) is 15.8. The molecule has 0 saturated carbocycles. The van der Waals surface area contributed by atoms with Crippen molar-refractivity contribution in [2.24, 2.45) is 0 Å². The van der Waals surface area contributed by atoms with E-state index in [-0.39, 0.29) is 0 Å². The molecule has 59 heavy (non-hydrogen) atoms. The van der Waals surface area contributed by atoms with E-state index in [0.717, 1.165) is 44.4 Å². The number of benzene rings is 9. The van der Waals surface area contributed by atoms with Gasteiger partial charge in [-0.2, -0.15) is 0 Å². The molecule has 0 aliphatic carbocycles. The summed E-state index contributed by atoms with van der Waals surface area (Å²) in [6, 6.07) is 68.0. The fourth-order valence-corrected chi connectivity index (χ4v) is 10.3. The van der Waals surface area contributed by atoms with Gasteiger partial charge in [0.1, 0.15) is 0 Å². The van der Waals surface area contributed by atoms with Gasteiger partial charge in [0.25, 0.3) is 0 Å². The molecule has 9 aromatic carbocycles. The lowest BCUT2D eigenvalue weighted by atomic mass is 10.0. The number of nitrogens with zero attached hydrogens (tertiary/aromatic N) is 5. The molecule has 0 atom stereocenters.